The first-order chi connectivity index (χ1) is 25.7. The van der Waals surface area contributed by atoms with Crippen LogP contribution in [0.3, 0.4) is 0 Å². The van der Waals surface area contributed by atoms with Crippen LogP contribution in [-0.2, 0) is 0 Å². The number of terminal acetylenes is 2. The van der Waals surface area contributed by atoms with E-state index >= 15 is 0 Å². The molecule has 6 heteroatoms. The van der Waals surface area contributed by atoms with E-state index in [2.05, 4.69) is 129 Å². The molecule has 3 heterocycles. The molecule has 0 aliphatic carbocycles. The second-order valence-electron chi connectivity index (χ2n) is 11.5. The summed E-state index contributed by atoms with van der Waals surface area (Å²) in [6.45, 7) is 0. The van der Waals surface area contributed by atoms with Gasteiger partial charge in [-0.15, -0.1) is 12.8 Å². The molecule has 242 valence electrons. The monoisotopic (exact) mass is 664 g/mol. The minimum absolute atomic E-state index is 0.825. The summed E-state index contributed by atoms with van der Waals surface area (Å²) >= 11 is 0. The Balaban J connectivity index is 0.000000648. The van der Waals surface area contributed by atoms with E-state index in [1.165, 1.54) is 0 Å². The number of hydrogen-bond donors (Lipinski definition) is 0. The lowest BCUT2D eigenvalue weighted by Gasteiger charge is -2.16. The average molecular weight is 665 g/mol. The first kappa shape index (κ1) is 32.8. The van der Waals surface area contributed by atoms with Crippen molar-refractivity contribution < 1.29 is 0 Å². The Morgan fingerprint density at radius 3 is 1.12 bits per heavy atom. The second kappa shape index (κ2) is 15.7. The van der Waals surface area contributed by atoms with E-state index in [4.69, 9.17) is 22.8 Å². The standard InChI is InChI=1S/C40H26N6.C6H2/c1-3-9-27(10-4-1)37-38(28-11-5-2-6-12-28)46-40-36(32-16-8-14-30(20-32)34-23-43-26-44-24-34)18-17-35(39(40)45-37)31-15-7-13-29(19-31)33-21-41-25-42-22-33;1-3-5-6-4-2/h1-26H;1-2H. The highest BCUT2D eigenvalue weighted by Crippen LogP contribution is 2.40. The molecule has 0 saturated carbocycles. The van der Waals surface area contributed by atoms with Gasteiger partial charge in [-0.05, 0) is 58.1 Å². The van der Waals surface area contributed by atoms with Gasteiger partial charge in [0.2, 0.25) is 0 Å². The fourth-order valence-electron chi connectivity index (χ4n) is 5.90. The van der Waals surface area contributed by atoms with E-state index in [0.717, 1.165) is 78.1 Å². The van der Waals surface area contributed by atoms with Gasteiger partial charge in [-0.3, -0.25) is 0 Å². The molecule has 0 spiro atoms. The zero-order valence-corrected chi connectivity index (χ0v) is 27.8. The zero-order valence-electron chi connectivity index (χ0n) is 27.8. The summed E-state index contributed by atoms with van der Waals surface area (Å²) in [7, 11) is 0. The molecular weight excluding hydrogens is 637 g/mol. The number of nitrogens with zero attached hydrogens (tertiary/aromatic N) is 6. The van der Waals surface area contributed by atoms with Crippen molar-refractivity contribution in [2.75, 3.05) is 0 Å². The van der Waals surface area contributed by atoms with Crippen LogP contribution in [0.25, 0.3) is 78.1 Å². The van der Waals surface area contributed by atoms with Crippen LogP contribution < -0.4 is 0 Å². The third-order valence-electron chi connectivity index (χ3n) is 8.26. The normalized spacial score (nSPS) is 10.1. The van der Waals surface area contributed by atoms with E-state index in [1.54, 1.807) is 12.7 Å². The van der Waals surface area contributed by atoms with Crippen molar-refractivity contribution in [2.24, 2.45) is 0 Å². The van der Waals surface area contributed by atoms with Gasteiger partial charge in [-0.2, -0.15) is 0 Å². The quantitative estimate of drug-likeness (QED) is 0.165. The van der Waals surface area contributed by atoms with Crippen LogP contribution in [-0.4, -0.2) is 29.9 Å². The molecule has 8 aromatic rings. The summed E-state index contributed by atoms with van der Waals surface area (Å²) in [4.78, 5) is 27.8. The fraction of sp³-hybridized carbons (Fsp3) is 0. The third-order valence-corrected chi connectivity index (χ3v) is 8.26. The maximum atomic E-state index is 5.46. The Hall–Kier alpha value is -7.72. The highest BCUT2D eigenvalue weighted by molar-refractivity contribution is 6.03. The molecule has 0 N–H and O–H groups in total. The Bertz CT molecular complexity index is 2450. The van der Waals surface area contributed by atoms with Gasteiger partial charge in [-0.25, -0.2) is 29.9 Å². The Morgan fingerprint density at radius 2 is 0.731 bits per heavy atom. The van der Waals surface area contributed by atoms with E-state index in [-0.39, 0.29) is 0 Å². The molecule has 0 atom stereocenters. The first-order valence-electron chi connectivity index (χ1n) is 16.3. The lowest BCUT2D eigenvalue weighted by molar-refractivity contribution is 1.17. The van der Waals surface area contributed by atoms with Crippen molar-refractivity contribution in [3.8, 4) is 104 Å². The van der Waals surface area contributed by atoms with Crippen molar-refractivity contribution in [2.45, 2.75) is 0 Å². The van der Waals surface area contributed by atoms with Crippen LogP contribution in [0, 0.1) is 36.5 Å². The first-order valence-corrected chi connectivity index (χ1v) is 16.3. The summed E-state index contributed by atoms with van der Waals surface area (Å²) in [6.07, 6.45) is 19.8. The van der Waals surface area contributed by atoms with Gasteiger partial charge >= 0.3 is 0 Å². The molecule has 52 heavy (non-hydrogen) atoms. The van der Waals surface area contributed by atoms with Crippen molar-refractivity contribution >= 4 is 11.0 Å². The van der Waals surface area contributed by atoms with E-state index in [1.807, 2.05) is 61.2 Å². The van der Waals surface area contributed by atoms with Gasteiger partial charge < -0.3 is 0 Å². The largest absolute Gasteiger partial charge is 0.244 e. The van der Waals surface area contributed by atoms with Gasteiger partial charge in [0.15, 0.2) is 0 Å². The SMILES string of the molecule is C#CC#CC#C.c1ccc(-c2nc3c(-c4cccc(-c5cncnc5)c4)ccc(-c4cccc(-c5cncnc5)c4)c3nc2-c2ccccc2)cc1. The molecule has 5 aromatic carbocycles. The van der Waals surface area contributed by atoms with Gasteiger partial charge in [0.25, 0.3) is 0 Å². The molecular formula is C46H28N6. The van der Waals surface area contributed by atoms with Crippen LogP contribution in [0.15, 0.2) is 159 Å². The fourth-order valence-corrected chi connectivity index (χ4v) is 5.90. The van der Waals surface area contributed by atoms with Crippen LogP contribution in [0.1, 0.15) is 0 Å². The summed E-state index contributed by atoms with van der Waals surface area (Å²) in [5.74, 6) is 8.61. The summed E-state index contributed by atoms with van der Waals surface area (Å²) in [6, 6.07) is 41.7. The van der Waals surface area contributed by atoms with Crippen molar-refractivity contribution in [1.29, 1.82) is 0 Å². The van der Waals surface area contributed by atoms with Gasteiger partial charge in [-0.1, -0.05) is 109 Å². The third kappa shape index (κ3) is 7.16. The topological polar surface area (TPSA) is 77.3 Å². The number of rotatable bonds is 6. The number of aromatic nitrogens is 6. The lowest BCUT2D eigenvalue weighted by atomic mass is 9.93. The van der Waals surface area contributed by atoms with Crippen molar-refractivity contribution in [3.05, 3.63) is 159 Å². The van der Waals surface area contributed by atoms with Crippen LogP contribution in [0.4, 0.5) is 0 Å². The Morgan fingerprint density at radius 1 is 0.365 bits per heavy atom. The second-order valence-corrected chi connectivity index (χ2v) is 11.5. The van der Waals surface area contributed by atoms with Gasteiger partial charge in [0, 0.05) is 58.2 Å². The highest BCUT2D eigenvalue weighted by Gasteiger charge is 2.19. The number of fused-ring (bicyclic) bond motifs is 1. The van der Waals surface area contributed by atoms with Crippen molar-refractivity contribution in [3.63, 3.8) is 0 Å². The van der Waals surface area contributed by atoms with Crippen LogP contribution >= 0.6 is 0 Å². The molecule has 0 fully saturated rings. The summed E-state index contributed by atoms with van der Waals surface area (Å²) in [5, 5.41) is 0. The molecule has 0 bridgehead atoms. The van der Waals surface area contributed by atoms with Gasteiger partial charge in [0.05, 0.1) is 22.4 Å². The predicted octanol–water partition coefficient (Wildman–Crippen LogP) is 9.47. The average Bonchev–Trinajstić information content (AvgIpc) is 3.23. The minimum Gasteiger partial charge on any atom is -0.244 e. The molecule has 6 nitrogen and oxygen atoms in total. The summed E-state index contributed by atoms with van der Waals surface area (Å²) in [5.41, 5.74) is 13.4. The van der Waals surface area contributed by atoms with E-state index in [9.17, 15) is 0 Å². The van der Waals surface area contributed by atoms with Crippen molar-refractivity contribution in [1.82, 2.24) is 29.9 Å². The molecule has 0 aliphatic rings. The smallest absolute Gasteiger partial charge is 0.115 e. The minimum atomic E-state index is 0.825. The van der Waals surface area contributed by atoms with Gasteiger partial charge in [0.1, 0.15) is 12.7 Å². The summed E-state index contributed by atoms with van der Waals surface area (Å²) < 4.78 is 0. The lowest BCUT2D eigenvalue weighted by Crippen LogP contribution is -1.99. The molecule has 0 radical (unpaired) electrons. The van der Waals surface area contributed by atoms with E-state index in [0.29, 0.717) is 0 Å². The molecule has 8 rings (SSSR count). The molecule has 3 aromatic heterocycles. The molecule has 0 unspecified atom stereocenters. The molecule has 0 saturated heterocycles. The highest BCUT2D eigenvalue weighted by atomic mass is 14.8. The maximum Gasteiger partial charge on any atom is 0.115 e. The van der Waals surface area contributed by atoms with Crippen LogP contribution in [0.5, 0.6) is 0 Å². The Kier molecular flexibility index (Phi) is 9.88. The predicted molar refractivity (Wildman–Crippen MR) is 209 cm³/mol. The Labute approximate surface area is 302 Å². The molecule has 0 aliphatic heterocycles. The van der Waals surface area contributed by atoms with E-state index < -0.39 is 0 Å². The zero-order chi connectivity index (χ0) is 35.5. The number of benzene rings is 5. The molecule has 0 amide bonds. The maximum absolute atomic E-state index is 5.46. The number of hydrogen-bond acceptors (Lipinski definition) is 6. The van der Waals surface area contributed by atoms with Crippen LogP contribution in [0.2, 0.25) is 0 Å².